The fraction of sp³-hybridized carbons (Fsp3) is 0.875. The van der Waals surface area contributed by atoms with Crippen molar-refractivity contribution in [3.05, 3.63) is 0 Å². The molecule has 0 unspecified atom stereocenters. The molecule has 136 valence electrons. The zero-order valence-electron chi connectivity index (χ0n) is 13.6. The number of esters is 2. The molecule has 0 radical (unpaired) electrons. The van der Waals surface area contributed by atoms with Crippen LogP contribution in [-0.4, -0.2) is 43.9 Å². The van der Waals surface area contributed by atoms with Crippen LogP contribution in [0.1, 0.15) is 44.9 Å². The molecule has 0 aromatic heterocycles. The van der Waals surface area contributed by atoms with Gasteiger partial charge in [-0.05, 0) is 61.7 Å². The third-order valence-electron chi connectivity index (χ3n) is 5.59. The van der Waals surface area contributed by atoms with E-state index in [1.807, 2.05) is 0 Å². The van der Waals surface area contributed by atoms with Gasteiger partial charge in [-0.1, -0.05) is 0 Å². The highest BCUT2D eigenvalue weighted by molar-refractivity contribution is 7.86. The van der Waals surface area contributed by atoms with Crippen molar-refractivity contribution in [1.82, 2.24) is 0 Å². The molecule has 0 heterocycles. The second kappa shape index (κ2) is 6.63. The average Bonchev–Trinajstić information content (AvgIpc) is 2.39. The van der Waals surface area contributed by atoms with Gasteiger partial charge in [0.1, 0.15) is 13.2 Å². The van der Waals surface area contributed by atoms with E-state index in [-0.39, 0.29) is 24.6 Å². The van der Waals surface area contributed by atoms with Crippen LogP contribution in [0.5, 0.6) is 0 Å². The molecule has 1 N–H and O–H groups in total. The predicted octanol–water partition coefficient (Wildman–Crippen LogP) is 1.57. The van der Waals surface area contributed by atoms with E-state index < -0.39 is 21.8 Å². The molecule has 4 aliphatic carbocycles. The van der Waals surface area contributed by atoms with Crippen LogP contribution in [0.3, 0.4) is 0 Å². The van der Waals surface area contributed by atoms with Crippen molar-refractivity contribution in [1.29, 1.82) is 0 Å². The molecule has 4 rings (SSSR count). The summed E-state index contributed by atoms with van der Waals surface area (Å²) in [4.78, 5) is 23.2. The maximum atomic E-state index is 12.1. The van der Waals surface area contributed by atoms with Crippen LogP contribution in [0.15, 0.2) is 0 Å². The second-order valence-corrected chi connectivity index (χ2v) is 9.21. The molecule has 8 heteroatoms. The van der Waals surface area contributed by atoms with Crippen molar-refractivity contribution in [2.45, 2.75) is 44.9 Å². The van der Waals surface area contributed by atoms with Gasteiger partial charge < -0.3 is 9.47 Å². The molecule has 0 aliphatic heterocycles. The van der Waals surface area contributed by atoms with E-state index in [1.54, 1.807) is 0 Å². The molecule has 0 aromatic carbocycles. The van der Waals surface area contributed by atoms with Crippen molar-refractivity contribution >= 4 is 22.1 Å². The first-order valence-electron chi connectivity index (χ1n) is 8.49. The molecule has 0 atom stereocenters. The zero-order valence-corrected chi connectivity index (χ0v) is 14.4. The average molecular weight is 360 g/mol. The van der Waals surface area contributed by atoms with Gasteiger partial charge >= 0.3 is 11.9 Å². The summed E-state index contributed by atoms with van der Waals surface area (Å²) in [5, 5.41) is 0. The van der Waals surface area contributed by atoms with E-state index >= 15 is 0 Å². The second-order valence-electron chi connectivity index (χ2n) is 7.76. The van der Waals surface area contributed by atoms with E-state index in [0.717, 1.165) is 37.0 Å². The number of carbonyl (C=O) groups is 2. The Morgan fingerprint density at radius 3 is 1.83 bits per heavy atom. The molecule has 0 amide bonds. The van der Waals surface area contributed by atoms with Crippen molar-refractivity contribution in [3.63, 3.8) is 0 Å². The largest absolute Gasteiger partial charge is 0.462 e. The van der Waals surface area contributed by atoms with E-state index in [2.05, 4.69) is 4.74 Å². The lowest BCUT2D eigenvalue weighted by Gasteiger charge is -2.56. The van der Waals surface area contributed by atoms with E-state index in [1.165, 1.54) is 19.3 Å². The Balaban J connectivity index is 1.38. The molecule has 4 aliphatic rings. The topological polar surface area (TPSA) is 107 Å². The minimum absolute atomic E-state index is 0.0948. The monoisotopic (exact) mass is 360 g/mol. The molecular formula is C16H24O7S. The number of ether oxygens (including phenoxy) is 2. The normalized spacial score (nSPS) is 34.1. The number of rotatable bonds is 7. The predicted molar refractivity (Wildman–Crippen MR) is 83.6 cm³/mol. The van der Waals surface area contributed by atoms with E-state index in [9.17, 15) is 18.0 Å². The van der Waals surface area contributed by atoms with Gasteiger partial charge in [0.15, 0.2) is 5.75 Å². The van der Waals surface area contributed by atoms with Crippen LogP contribution in [0.4, 0.5) is 0 Å². The molecule has 4 bridgehead atoms. The third kappa shape index (κ3) is 4.47. The van der Waals surface area contributed by atoms with E-state index in [0.29, 0.717) is 6.42 Å². The van der Waals surface area contributed by atoms with Crippen LogP contribution in [0.2, 0.25) is 0 Å². The molecule has 7 nitrogen and oxygen atoms in total. The van der Waals surface area contributed by atoms with Crippen molar-refractivity contribution in [2.75, 3.05) is 19.0 Å². The smallest absolute Gasteiger partial charge is 0.323 e. The fourth-order valence-corrected chi connectivity index (χ4v) is 5.75. The number of hydrogen-bond donors (Lipinski definition) is 1. The SMILES string of the molecule is O=C(CC12CC3CC(CC(C3)C1)C2)OCCOC(=O)CS(=O)(=O)O. The van der Waals surface area contributed by atoms with Crippen LogP contribution in [0.25, 0.3) is 0 Å². The lowest BCUT2D eigenvalue weighted by atomic mass is 9.49. The Labute approximate surface area is 141 Å². The summed E-state index contributed by atoms with van der Waals surface area (Å²) in [6.45, 7) is -0.302. The molecule has 4 fully saturated rings. The molecule has 4 saturated carbocycles. The first kappa shape index (κ1) is 17.7. The summed E-state index contributed by atoms with van der Waals surface area (Å²) >= 11 is 0. The number of hydrogen-bond acceptors (Lipinski definition) is 6. The van der Waals surface area contributed by atoms with Crippen molar-refractivity contribution < 1.29 is 32.0 Å². The van der Waals surface area contributed by atoms with Crippen LogP contribution in [-0.2, 0) is 29.2 Å². The summed E-state index contributed by atoms with van der Waals surface area (Å²) in [7, 11) is -4.39. The Kier molecular flexibility index (Phi) is 4.88. The quantitative estimate of drug-likeness (QED) is 0.417. The maximum Gasteiger partial charge on any atom is 0.323 e. The summed E-state index contributed by atoms with van der Waals surface area (Å²) in [5.74, 6) is -0.118. The van der Waals surface area contributed by atoms with Crippen LogP contribution >= 0.6 is 0 Å². The van der Waals surface area contributed by atoms with E-state index in [4.69, 9.17) is 9.29 Å². The first-order valence-corrected chi connectivity index (χ1v) is 10.1. The van der Waals surface area contributed by atoms with Crippen LogP contribution in [0, 0.1) is 23.2 Å². The molecular weight excluding hydrogens is 336 g/mol. The Morgan fingerprint density at radius 2 is 1.38 bits per heavy atom. The Bertz CT molecular complexity index is 575. The maximum absolute atomic E-state index is 12.1. The van der Waals surface area contributed by atoms with Gasteiger partial charge in [0.25, 0.3) is 10.1 Å². The van der Waals surface area contributed by atoms with Crippen LogP contribution < -0.4 is 0 Å². The van der Waals surface area contributed by atoms with Gasteiger partial charge in [-0.3, -0.25) is 14.1 Å². The van der Waals surface area contributed by atoms with Gasteiger partial charge in [-0.15, -0.1) is 0 Å². The third-order valence-corrected chi connectivity index (χ3v) is 6.19. The summed E-state index contributed by atoms with van der Waals surface area (Å²) in [6, 6.07) is 0. The van der Waals surface area contributed by atoms with Gasteiger partial charge in [-0.2, -0.15) is 8.42 Å². The highest BCUT2D eigenvalue weighted by Gasteiger charge is 2.51. The lowest BCUT2D eigenvalue weighted by molar-refractivity contribution is -0.156. The lowest BCUT2D eigenvalue weighted by Crippen LogP contribution is -2.47. The van der Waals surface area contributed by atoms with Gasteiger partial charge in [0, 0.05) is 0 Å². The van der Waals surface area contributed by atoms with Crippen molar-refractivity contribution in [3.8, 4) is 0 Å². The summed E-state index contributed by atoms with van der Waals surface area (Å²) in [5.41, 5.74) is 0.105. The first-order chi connectivity index (χ1) is 11.2. The van der Waals surface area contributed by atoms with Gasteiger partial charge in [-0.25, -0.2) is 0 Å². The van der Waals surface area contributed by atoms with Crippen molar-refractivity contribution in [2.24, 2.45) is 23.2 Å². The fourth-order valence-electron chi connectivity index (χ4n) is 5.37. The summed E-state index contributed by atoms with van der Waals surface area (Å²) < 4.78 is 39.3. The Hall–Kier alpha value is -1.15. The minimum atomic E-state index is -4.39. The van der Waals surface area contributed by atoms with Gasteiger partial charge in [0.05, 0.1) is 6.42 Å². The Morgan fingerprint density at radius 1 is 0.917 bits per heavy atom. The van der Waals surface area contributed by atoms with Gasteiger partial charge in [0.2, 0.25) is 0 Å². The number of carbonyl (C=O) groups excluding carboxylic acids is 2. The summed E-state index contributed by atoms with van der Waals surface area (Å²) in [6.07, 6.45) is 7.75. The molecule has 0 spiro atoms. The standard InChI is InChI=1S/C16H24O7S/c17-14(22-1-2-23-15(18)10-24(19,20)21)9-16-6-11-3-12(7-16)5-13(4-11)8-16/h11-13H,1-10H2,(H,19,20,21). The zero-order chi connectivity index (χ0) is 17.4. The molecule has 0 saturated heterocycles. The highest BCUT2D eigenvalue weighted by atomic mass is 32.2. The minimum Gasteiger partial charge on any atom is -0.462 e. The highest BCUT2D eigenvalue weighted by Crippen LogP contribution is 2.61. The molecule has 0 aromatic rings. The molecule has 24 heavy (non-hydrogen) atoms.